The molecule has 0 saturated carbocycles. The molecule has 0 aliphatic heterocycles. The number of halogens is 2. The summed E-state index contributed by atoms with van der Waals surface area (Å²) in [6, 6.07) is 6.10. The van der Waals surface area contributed by atoms with E-state index in [-0.39, 0.29) is 12.2 Å². The molecule has 23 heavy (non-hydrogen) atoms. The number of urea groups is 1. The quantitative estimate of drug-likeness (QED) is 0.757. The molecule has 3 N–H and O–H groups in total. The number of hydrogen-bond donors (Lipinski definition) is 3. The van der Waals surface area contributed by atoms with Crippen LogP contribution in [0.25, 0.3) is 0 Å². The molecule has 0 aliphatic rings. The highest BCUT2D eigenvalue weighted by Gasteiger charge is 2.09. The Morgan fingerprint density at radius 1 is 1.17 bits per heavy atom. The van der Waals surface area contributed by atoms with Gasteiger partial charge in [-0.2, -0.15) is 0 Å². The Morgan fingerprint density at radius 2 is 2.00 bits per heavy atom. The highest BCUT2D eigenvalue weighted by atomic mass is 32.1. The molecule has 3 amide bonds. The van der Waals surface area contributed by atoms with Crippen LogP contribution in [0.4, 0.5) is 19.3 Å². The van der Waals surface area contributed by atoms with Crippen LogP contribution in [-0.2, 0) is 11.2 Å². The molecule has 5 nitrogen and oxygen atoms in total. The van der Waals surface area contributed by atoms with E-state index in [2.05, 4.69) is 16.0 Å². The molecule has 8 heteroatoms. The summed E-state index contributed by atoms with van der Waals surface area (Å²) in [5.41, 5.74) is -0.141. The van der Waals surface area contributed by atoms with Gasteiger partial charge in [-0.25, -0.2) is 13.6 Å². The van der Waals surface area contributed by atoms with Crippen molar-refractivity contribution in [1.82, 2.24) is 10.6 Å². The van der Waals surface area contributed by atoms with E-state index in [1.165, 1.54) is 0 Å². The number of benzene rings is 1. The van der Waals surface area contributed by atoms with E-state index in [0.29, 0.717) is 13.0 Å². The first-order valence-electron chi connectivity index (χ1n) is 6.83. The van der Waals surface area contributed by atoms with E-state index in [1.54, 1.807) is 11.3 Å². The number of anilines is 1. The Kier molecular flexibility index (Phi) is 6.04. The zero-order valence-electron chi connectivity index (χ0n) is 12.1. The molecule has 0 radical (unpaired) electrons. The van der Waals surface area contributed by atoms with E-state index in [1.807, 2.05) is 17.5 Å². The molecule has 0 atom stereocenters. The van der Waals surface area contributed by atoms with Crippen molar-refractivity contribution in [1.29, 1.82) is 0 Å². The van der Waals surface area contributed by atoms with Gasteiger partial charge in [-0.15, -0.1) is 11.3 Å². The molecule has 0 unspecified atom stereocenters. The average Bonchev–Trinajstić information content (AvgIpc) is 3.01. The Bertz CT molecular complexity index is 677. The lowest BCUT2D eigenvalue weighted by molar-refractivity contribution is -0.118. The third-order valence-corrected chi connectivity index (χ3v) is 3.79. The molecule has 2 aromatic rings. The van der Waals surface area contributed by atoms with Crippen molar-refractivity contribution >= 4 is 29.0 Å². The van der Waals surface area contributed by atoms with Crippen molar-refractivity contribution < 1.29 is 18.4 Å². The molecular weight excluding hydrogens is 324 g/mol. The molecule has 122 valence electrons. The summed E-state index contributed by atoms with van der Waals surface area (Å²) < 4.78 is 26.3. The summed E-state index contributed by atoms with van der Waals surface area (Å²) in [5.74, 6) is -1.96. The van der Waals surface area contributed by atoms with Gasteiger partial charge in [0.15, 0.2) is 0 Å². The van der Waals surface area contributed by atoms with Crippen LogP contribution in [0.15, 0.2) is 35.7 Å². The van der Waals surface area contributed by atoms with Crippen LogP contribution in [0.5, 0.6) is 0 Å². The summed E-state index contributed by atoms with van der Waals surface area (Å²) in [5, 5.41) is 9.02. The second-order valence-electron chi connectivity index (χ2n) is 4.61. The minimum atomic E-state index is -0.681. The Labute approximate surface area is 135 Å². The molecule has 0 fully saturated rings. The van der Waals surface area contributed by atoms with E-state index in [0.717, 1.165) is 23.1 Å². The highest BCUT2D eigenvalue weighted by Crippen LogP contribution is 2.14. The Morgan fingerprint density at radius 3 is 2.74 bits per heavy atom. The van der Waals surface area contributed by atoms with Crippen molar-refractivity contribution in [2.45, 2.75) is 6.42 Å². The van der Waals surface area contributed by atoms with Gasteiger partial charge < -0.3 is 10.6 Å². The van der Waals surface area contributed by atoms with Crippen LogP contribution in [-0.4, -0.2) is 25.0 Å². The zero-order chi connectivity index (χ0) is 16.7. The lowest BCUT2D eigenvalue weighted by Gasteiger charge is -2.09. The van der Waals surface area contributed by atoms with Gasteiger partial charge >= 0.3 is 6.03 Å². The molecule has 0 spiro atoms. The van der Waals surface area contributed by atoms with Gasteiger partial charge in [0, 0.05) is 11.4 Å². The van der Waals surface area contributed by atoms with Gasteiger partial charge in [0.1, 0.15) is 11.6 Å². The average molecular weight is 339 g/mol. The Hall–Kier alpha value is -2.48. The summed E-state index contributed by atoms with van der Waals surface area (Å²) in [6.45, 7) is 0.0459. The fourth-order valence-corrected chi connectivity index (χ4v) is 2.49. The molecular formula is C15H15F2N3O2S. The van der Waals surface area contributed by atoms with Crippen LogP contribution in [0, 0.1) is 11.6 Å². The molecule has 1 aromatic heterocycles. The number of carbonyl (C=O) groups excluding carboxylic acids is 2. The van der Waals surface area contributed by atoms with Crippen molar-refractivity contribution in [3.05, 3.63) is 52.2 Å². The second-order valence-corrected chi connectivity index (χ2v) is 5.64. The van der Waals surface area contributed by atoms with Crippen molar-refractivity contribution in [3.8, 4) is 0 Å². The molecule has 1 heterocycles. The standard InChI is InChI=1S/C15H15F2N3O2S/c16-10-3-4-12(17)13(8-10)19-9-14(21)20-15(22)18-6-5-11-2-1-7-23-11/h1-4,7-8,19H,5-6,9H2,(H2,18,20,21,22). The van der Waals surface area contributed by atoms with Gasteiger partial charge in [-0.1, -0.05) is 6.07 Å². The third kappa shape index (κ3) is 5.67. The van der Waals surface area contributed by atoms with Gasteiger partial charge in [0.25, 0.3) is 0 Å². The predicted octanol–water partition coefficient (Wildman–Crippen LogP) is 2.51. The topological polar surface area (TPSA) is 70.2 Å². The summed E-state index contributed by atoms with van der Waals surface area (Å²) in [6.07, 6.45) is 0.673. The number of hydrogen-bond acceptors (Lipinski definition) is 4. The summed E-state index contributed by atoms with van der Waals surface area (Å²) in [7, 11) is 0. The van der Waals surface area contributed by atoms with Crippen LogP contribution in [0.1, 0.15) is 4.88 Å². The van der Waals surface area contributed by atoms with Crippen LogP contribution < -0.4 is 16.0 Å². The molecule has 2 rings (SSSR count). The first-order chi connectivity index (χ1) is 11.0. The fourth-order valence-electron chi connectivity index (χ4n) is 1.78. The maximum Gasteiger partial charge on any atom is 0.321 e. The SMILES string of the molecule is O=C(CNc1cc(F)ccc1F)NC(=O)NCCc1cccs1. The van der Waals surface area contributed by atoms with Crippen LogP contribution >= 0.6 is 11.3 Å². The normalized spacial score (nSPS) is 10.2. The number of thiophene rings is 1. The molecule has 1 aromatic carbocycles. The number of rotatable bonds is 6. The summed E-state index contributed by atoms with van der Waals surface area (Å²) >= 11 is 1.58. The van der Waals surface area contributed by atoms with Gasteiger partial charge in [0.05, 0.1) is 12.2 Å². The predicted molar refractivity (Wildman–Crippen MR) is 84.4 cm³/mol. The van der Waals surface area contributed by atoms with Crippen LogP contribution in [0.3, 0.4) is 0 Å². The lowest BCUT2D eigenvalue weighted by Crippen LogP contribution is -2.42. The highest BCUT2D eigenvalue weighted by molar-refractivity contribution is 7.09. The van der Waals surface area contributed by atoms with Crippen molar-refractivity contribution in [2.24, 2.45) is 0 Å². The maximum atomic E-state index is 13.3. The van der Waals surface area contributed by atoms with E-state index >= 15 is 0 Å². The van der Waals surface area contributed by atoms with Crippen molar-refractivity contribution in [2.75, 3.05) is 18.4 Å². The van der Waals surface area contributed by atoms with Crippen molar-refractivity contribution in [3.63, 3.8) is 0 Å². The third-order valence-electron chi connectivity index (χ3n) is 2.86. The van der Waals surface area contributed by atoms with Crippen LogP contribution in [0.2, 0.25) is 0 Å². The van der Waals surface area contributed by atoms with Gasteiger partial charge in [0.2, 0.25) is 5.91 Å². The fraction of sp³-hybridized carbons (Fsp3) is 0.200. The number of carbonyl (C=O) groups is 2. The largest absolute Gasteiger partial charge is 0.374 e. The monoisotopic (exact) mass is 339 g/mol. The molecule has 0 saturated heterocycles. The minimum Gasteiger partial charge on any atom is -0.374 e. The molecule has 0 bridgehead atoms. The van der Waals surface area contributed by atoms with E-state index < -0.39 is 23.6 Å². The second kappa shape index (κ2) is 8.23. The minimum absolute atomic E-state index is 0.141. The number of amides is 3. The summed E-state index contributed by atoms with van der Waals surface area (Å²) in [4.78, 5) is 24.2. The van der Waals surface area contributed by atoms with E-state index in [4.69, 9.17) is 0 Å². The lowest BCUT2D eigenvalue weighted by atomic mass is 10.3. The first kappa shape index (κ1) is 16.9. The number of nitrogens with one attached hydrogen (secondary N) is 3. The smallest absolute Gasteiger partial charge is 0.321 e. The van der Waals surface area contributed by atoms with Gasteiger partial charge in [-0.05, 0) is 36.1 Å². The Balaban J connectivity index is 1.69. The van der Waals surface area contributed by atoms with E-state index in [9.17, 15) is 18.4 Å². The number of imide groups is 1. The zero-order valence-corrected chi connectivity index (χ0v) is 12.9. The first-order valence-corrected chi connectivity index (χ1v) is 7.71. The maximum absolute atomic E-state index is 13.3. The van der Waals surface area contributed by atoms with Gasteiger partial charge in [-0.3, -0.25) is 10.1 Å². The molecule has 0 aliphatic carbocycles.